The number of thioether (sulfide) groups is 1. The zero-order valence-electron chi connectivity index (χ0n) is 16.6. The van der Waals surface area contributed by atoms with Gasteiger partial charge in [-0.3, -0.25) is 9.36 Å². The van der Waals surface area contributed by atoms with Crippen molar-refractivity contribution >= 4 is 17.5 Å². The van der Waals surface area contributed by atoms with Gasteiger partial charge in [-0.05, 0) is 51.8 Å². The number of aryl methyl sites for hydroxylation is 3. The van der Waals surface area contributed by atoms with Crippen LogP contribution in [-0.4, -0.2) is 30.9 Å². The first-order valence-electron chi connectivity index (χ1n) is 9.24. The fourth-order valence-electron chi connectivity index (χ4n) is 3.39. The highest BCUT2D eigenvalue weighted by Crippen LogP contribution is 2.25. The topological polar surface area (TPSA) is 52.7 Å². The quantitative estimate of drug-likeness (QED) is 0.439. The molecule has 0 spiro atoms. The molecule has 0 saturated heterocycles. The zero-order chi connectivity index (χ0) is 19.6. The summed E-state index contributed by atoms with van der Waals surface area (Å²) in [5.74, 6) is 1.30. The average molecular weight is 383 g/mol. The number of hydrogen-bond donors (Lipinski definition) is 0. The first-order chi connectivity index (χ1) is 12.9. The van der Waals surface area contributed by atoms with Crippen LogP contribution in [0.2, 0.25) is 0 Å². The van der Waals surface area contributed by atoms with E-state index in [1.807, 2.05) is 36.6 Å². The Bertz CT molecular complexity index is 971. The number of carbonyl (C=O) groups is 1. The number of ketones is 1. The summed E-state index contributed by atoms with van der Waals surface area (Å²) in [7, 11) is 0. The molecule has 3 aromatic rings. The van der Waals surface area contributed by atoms with Crippen molar-refractivity contribution in [2.24, 2.45) is 0 Å². The minimum Gasteiger partial charge on any atom is -0.348 e. The molecule has 0 fully saturated rings. The van der Waals surface area contributed by atoms with E-state index < -0.39 is 0 Å². The molecule has 27 heavy (non-hydrogen) atoms. The molecule has 1 aromatic carbocycles. The van der Waals surface area contributed by atoms with E-state index in [4.69, 9.17) is 0 Å². The van der Waals surface area contributed by atoms with Crippen molar-refractivity contribution in [1.82, 2.24) is 19.3 Å². The Morgan fingerprint density at radius 1 is 1.11 bits per heavy atom. The highest BCUT2D eigenvalue weighted by Gasteiger charge is 2.18. The van der Waals surface area contributed by atoms with Crippen LogP contribution in [0.3, 0.4) is 0 Å². The van der Waals surface area contributed by atoms with Gasteiger partial charge in [0.25, 0.3) is 0 Å². The largest absolute Gasteiger partial charge is 0.348 e. The van der Waals surface area contributed by atoms with Crippen LogP contribution in [0.25, 0.3) is 5.69 Å². The lowest BCUT2D eigenvalue weighted by Crippen LogP contribution is -2.08. The molecule has 0 radical (unpaired) electrons. The van der Waals surface area contributed by atoms with Crippen LogP contribution in [0.5, 0.6) is 0 Å². The van der Waals surface area contributed by atoms with E-state index in [2.05, 4.69) is 47.7 Å². The van der Waals surface area contributed by atoms with E-state index in [0.717, 1.165) is 52.1 Å². The second-order valence-corrected chi connectivity index (χ2v) is 7.74. The number of hydrogen-bond acceptors (Lipinski definition) is 4. The van der Waals surface area contributed by atoms with Crippen molar-refractivity contribution in [2.75, 3.05) is 5.75 Å². The summed E-state index contributed by atoms with van der Waals surface area (Å²) >= 11 is 1.44. The van der Waals surface area contributed by atoms with Gasteiger partial charge in [0, 0.05) is 23.5 Å². The van der Waals surface area contributed by atoms with Gasteiger partial charge in [0.15, 0.2) is 10.9 Å². The van der Waals surface area contributed by atoms with E-state index in [1.54, 1.807) is 0 Å². The Kier molecular flexibility index (Phi) is 5.85. The minimum atomic E-state index is 0.132. The molecule has 0 N–H and O–H groups in total. The predicted octanol–water partition coefficient (Wildman–Crippen LogP) is 4.69. The monoisotopic (exact) mass is 382 g/mol. The van der Waals surface area contributed by atoms with Crippen LogP contribution in [-0.2, 0) is 6.54 Å². The van der Waals surface area contributed by atoms with E-state index in [0.29, 0.717) is 5.75 Å². The van der Waals surface area contributed by atoms with Crippen molar-refractivity contribution in [1.29, 1.82) is 0 Å². The van der Waals surface area contributed by atoms with Crippen molar-refractivity contribution in [3.8, 4) is 5.69 Å². The van der Waals surface area contributed by atoms with Crippen LogP contribution in [0, 0.1) is 27.7 Å². The second-order valence-electron chi connectivity index (χ2n) is 6.80. The van der Waals surface area contributed by atoms with Crippen molar-refractivity contribution in [3.05, 3.63) is 58.7 Å². The van der Waals surface area contributed by atoms with Gasteiger partial charge >= 0.3 is 0 Å². The summed E-state index contributed by atoms with van der Waals surface area (Å²) in [5.41, 5.74) is 5.21. The third-order valence-corrected chi connectivity index (χ3v) is 5.73. The SMILES string of the molecule is CCCn1c(C)cc(C(=O)CSc2nnc(C)n2-c2ccccc2C)c1C. The lowest BCUT2D eigenvalue weighted by molar-refractivity contribution is 0.102. The third kappa shape index (κ3) is 3.86. The van der Waals surface area contributed by atoms with Crippen molar-refractivity contribution in [2.45, 2.75) is 52.7 Å². The highest BCUT2D eigenvalue weighted by atomic mass is 32.2. The highest BCUT2D eigenvalue weighted by molar-refractivity contribution is 7.99. The summed E-state index contributed by atoms with van der Waals surface area (Å²) in [6, 6.07) is 10.1. The maximum atomic E-state index is 12.8. The van der Waals surface area contributed by atoms with Crippen LogP contribution in [0.1, 0.15) is 46.5 Å². The van der Waals surface area contributed by atoms with Gasteiger partial charge in [-0.15, -0.1) is 10.2 Å². The molecule has 3 rings (SSSR count). The molecule has 0 unspecified atom stereocenters. The Morgan fingerprint density at radius 3 is 2.56 bits per heavy atom. The van der Waals surface area contributed by atoms with Crippen LogP contribution in [0.15, 0.2) is 35.5 Å². The van der Waals surface area contributed by atoms with E-state index >= 15 is 0 Å². The summed E-state index contributed by atoms with van der Waals surface area (Å²) < 4.78 is 4.24. The smallest absolute Gasteiger partial charge is 0.196 e. The molecular weight excluding hydrogens is 356 g/mol. The number of benzene rings is 1. The maximum Gasteiger partial charge on any atom is 0.196 e. The van der Waals surface area contributed by atoms with Crippen LogP contribution >= 0.6 is 11.8 Å². The van der Waals surface area contributed by atoms with E-state index in [1.165, 1.54) is 11.8 Å². The van der Waals surface area contributed by atoms with Crippen LogP contribution < -0.4 is 0 Å². The molecule has 0 atom stereocenters. The van der Waals surface area contributed by atoms with Gasteiger partial charge in [0.1, 0.15) is 5.82 Å². The molecule has 0 aliphatic heterocycles. The predicted molar refractivity (Wildman–Crippen MR) is 110 cm³/mol. The molecule has 142 valence electrons. The Labute approximate surface area is 164 Å². The Morgan fingerprint density at radius 2 is 1.85 bits per heavy atom. The average Bonchev–Trinajstić information content (AvgIpc) is 3.15. The number of para-hydroxylation sites is 1. The van der Waals surface area contributed by atoms with E-state index in [-0.39, 0.29) is 5.78 Å². The third-order valence-electron chi connectivity index (χ3n) is 4.81. The first kappa shape index (κ1) is 19.4. The first-order valence-corrected chi connectivity index (χ1v) is 10.2. The maximum absolute atomic E-state index is 12.8. The molecule has 0 amide bonds. The fraction of sp³-hybridized carbons (Fsp3) is 0.381. The fourth-order valence-corrected chi connectivity index (χ4v) is 4.26. The molecule has 2 heterocycles. The van der Waals surface area contributed by atoms with Crippen molar-refractivity contribution in [3.63, 3.8) is 0 Å². The number of aromatic nitrogens is 4. The summed E-state index contributed by atoms with van der Waals surface area (Å²) in [6.45, 7) is 11.2. The number of rotatable bonds is 7. The summed E-state index contributed by atoms with van der Waals surface area (Å²) in [5, 5.41) is 9.26. The number of nitrogens with zero attached hydrogens (tertiary/aromatic N) is 4. The Hall–Kier alpha value is -2.34. The molecule has 0 aliphatic carbocycles. The van der Waals surface area contributed by atoms with Gasteiger partial charge in [0.05, 0.1) is 11.4 Å². The molecule has 5 nitrogen and oxygen atoms in total. The van der Waals surface area contributed by atoms with Crippen molar-refractivity contribution < 1.29 is 4.79 Å². The summed E-state index contributed by atoms with van der Waals surface area (Å²) in [6.07, 6.45) is 1.05. The Balaban J connectivity index is 1.82. The molecule has 0 bridgehead atoms. The lowest BCUT2D eigenvalue weighted by Gasteiger charge is -2.11. The molecule has 6 heteroatoms. The van der Waals surface area contributed by atoms with Gasteiger partial charge in [-0.1, -0.05) is 36.9 Å². The van der Waals surface area contributed by atoms with Crippen LogP contribution in [0.4, 0.5) is 0 Å². The standard InChI is InChI=1S/C21H26N4OS/c1-6-11-24-15(3)12-18(16(24)4)20(26)13-27-21-23-22-17(5)25(21)19-10-8-7-9-14(19)2/h7-10,12H,6,11,13H2,1-5H3. The van der Waals surface area contributed by atoms with Gasteiger partial charge in [-0.25, -0.2) is 0 Å². The molecular formula is C21H26N4OS. The number of carbonyl (C=O) groups excluding carboxylic acids is 1. The molecule has 0 saturated carbocycles. The lowest BCUT2D eigenvalue weighted by atomic mass is 10.2. The zero-order valence-corrected chi connectivity index (χ0v) is 17.4. The normalized spacial score (nSPS) is 11.1. The summed E-state index contributed by atoms with van der Waals surface area (Å²) in [4.78, 5) is 12.8. The molecule has 2 aromatic heterocycles. The van der Waals surface area contributed by atoms with Gasteiger partial charge < -0.3 is 4.57 Å². The van der Waals surface area contributed by atoms with E-state index in [9.17, 15) is 4.79 Å². The van der Waals surface area contributed by atoms with Gasteiger partial charge in [-0.2, -0.15) is 0 Å². The van der Waals surface area contributed by atoms with Gasteiger partial charge in [0.2, 0.25) is 0 Å². The number of Topliss-reactive ketones (excluding diaryl/α,β-unsaturated/α-hetero) is 1. The second kappa shape index (κ2) is 8.13. The molecule has 0 aliphatic rings. The minimum absolute atomic E-state index is 0.132.